The van der Waals surface area contributed by atoms with Crippen molar-refractivity contribution in [3.63, 3.8) is 0 Å². The number of amides is 1. The van der Waals surface area contributed by atoms with Crippen LogP contribution in [-0.2, 0) is 4.79 Å². The molecule has 0 atom stereocenters. The average molecular weight is 369 g/mol. The number of carbonyl (C=O) groups is 1. The van der Waals surface area contributed by atoms with E-state index in [1.54, 1.807) is 13.0 Å². The molecule has 7 heteroatoms. The number of carbonyl (C=O) groups excluding carboxylic acids is 1. The first kappa shape index (κ1) is 18.7. The molecule has 1 saturated carbocycles. The van der Waals surface area contributed by atoms with Crippen molar-refractivity contribution in [2.45, 2.75) is 38.7 Å². The summed E-state index contributed by atoms with van der Waals surface area (Å²) >= 11 is 0. The van der Waals surface area contributed by atoms with Gasteiger partial charge < -0.3 is 15.4 Å². The molecular weight excluding hydrogens is 346 g/mol. The highest BCUT2D eigenvalue weighted by Gasteiger charge is 2.16. The maximum absolute atomic E-state index is 12.2. The molecule has 0 bridgehead atoms. The smallest absolute Gasteiger partial charge is 0.271 e. The molecule has 3 rings (SSSR count). The molecule has 2 aromatic rings. The Morgan fingerprint density at radius 3 is 2.74 bits per heavy atom. The largest absolute Gasteiger partial charge is 0.490 e. The van der Waals surface area contributed by atoms with Crippen LogP contribution in [0.4, 0.5) is 17.1 Å². The zero-order chi connectivity index (χ0) is 19.2. The summed E-state index contributed by atoms with van der Waals surface area (Å²) in [4.78, 5) is 22.6. The van der Waals surface area contributed by atoms with Crippen LogP contribution >= 0.6 is 0 Å². The van der Waals surface area contributed by atoms with Crippen molar-refractivity contribution >= 4 is 23.0 Å². The Morgan fingerprint density at radius 2 is 2.00 bits per heavy atom. The SMILES string of the molecule is Cc1ccc([N+](=O)[O-])cc1NC(=O)CNc1cccc(OC2CCCC2)c1. The summed E-state index contributed by atoms with van der Waals surface area (Å²) in [7, 11) is 0. The molecule has 7 nitrogen and oxygen atoms in total. The molecule has 2 aromatic carbocycles. The first-order valence-corrected chi connectivity index (χ1v) is 9.07. The number of ether oxygens (including phenoxy) is 1. The van der Waals surface area contributed by atoms with E-state index < -0.39 is 4.92 Å². The summed E-state index contributed by atoms with van der Waals surface area (Å²) in [6.45, 7) is 1.84. The third-order valence-corrected chi connectivity index (χ3v) is 4.60. The van der Waals surface area contributed by atoms with Crippen LogP contribution < -0.4 is 15.4 Å². The van der Waals surface area contributed by atoms with Gasteiger partial charge in [-0.25, -0.2) is 0 Å². The van der Waals surface area contributed by atoms with Crippen molar-refractivity contribution in [3.8, 4) is 5.75 Å². The molecule has 0 spiro atoms. The number of anilines is 2. The van der Waals surface area contributed by atoms with Gasteiger partial charge in [-0.05, 0) is 50.3 Å². The van der Waals surface area contributed by atoms with Crippen LogP contribution in [0.25, 0.3) is 0 Å². The second kappa shape index (κ2) is 8.53. The normalized spacial score (nSPS) is 14.0. The molecule has 2 N–H and O–H groups in total. The van der Waals surface area contributed by atoms with Gasteiger partial charge in [-0.1, -0.05) is 12.1 Å². The Hall–Kier alpha value is -3.09. The minimum atomic E-state index is -0.483. The molecule has 142 valence electrons. The van der Waals surface area contributed by atoms with Gasteiger partial charge in [0.2, 0.25) is 5.91 Å². The summed E-state index contributed by atoms with van der Waals surface area (Å²) in [5, 5.41) is 16.7. The third kappa shape index (κ3) is 5.20. The molecule has 1 aliphatic rings. The molecule has 0 aromatic heterocycles. The molecule has 27 heavy (non-hydrogen) atoms. The minimum Gasteiger partial charge on any atom is -0.490 e. The molecule has 1 fully saturated rings. The predicted octanol–water partition coefficient (Wildman–Crippen LogP) is 4.28. The highest BCUT2D eigenvalue weighted by Crippen LogP contribution is 2.26. The predicted molar refractivity (Wildman–Crippen MR) is 104 cm³/mol. The van der Waals surface area contributed by atoms with Gasteiger partial charge in [-0.2, -0.15) is 0 Å². The van der Waals surface area contributed by atoms with Crippen LogP contribution in [0, 0.1) is 17.0 Å². The number of benzene rings is 2. The molecule has 0 unspecified atom stereocenters. The lowest BCUT2D eigenvalue weighted by atomic mass is 10.2. The molecule has 0 radical (unpaired) electrons. The van der Waals surface area contributed by atoms with E-state index in [-0.39, 0.29) is 24.2 Å². The second-order valence-corrected chi connectivity index (χ2v) is 6.71. The Bertz CT molecular complexity index is 832. The average Bonchev–Trinajstić information content (AvgIpc) is 3.15. The van der Waals surface area contributed by atoms with Gasteiger partial charge in [-0.3, -0.25) is 14.9 Å². The van der Waals surface area contributed by atoms with E-state index in [1.807, 2.05) is 24.3 Å². The van der Waals surface area contributed by atoms with Crippen LogP contribution in [0.2, 0.25) is 0 Å². The number of non-ortho nitro benzene ring substituents is 1. The maximum Gasteiger partial charge on any atom is 0.271 e. The number of nitrogens with one attached hydrogen (secondary N) is 2. The molecule has 0 heterocycles. The van der Waals surface area contributed by atoms with Gasteiger partial charge in [0.05, 0.1) is 23.3 Å². The van der Waals surface area contributed by atoms with E-state index in [4.69, 9.17) is 4.74 Å². The van der Waals surface area contributed by atoms with Gasteiger partial charge in [-0.15, -0.1) is 0 Å². The van der Waals surface area contributed by atoms with Crippen molar-refractivity contribution in [2.75, 3.05) is 17.2 Å². The van der Waals surface area contributed by atoms with Crippen LogP contribution in [0.1, 0.15) is 31.2 Å². The summed E-state index contributed by atoms with van der Waals surface area (Å²) in [5.74, 6) is 0.516. The lowest BCUT2D eigenvalue weighted by molar-refractivity contribution is -0.384. The Morgan fingerprint density at radius 1 is 1.22 bits per heavy atom. The van der Waals surface area contributed by atoms with Crippen LogP contribution in [-0.4, -0.2) is 23.5 Å². The minimum absolute atomic E-state index is 0.0506. The Kier molecular flexibility index (Phi) is 5.90. The number of nitro groups is 1. The summed E-state index contributed by atoms with van der Waals surface area (Å²) in [6, 6.07) is 11.9. The summed E-state index contributed by atoms with van der Waals surface area (Å²) in [6.07, 6.45) is 4.87. The van der Waals surface area contributed by atoms with Crippen molar-refractivity contribution < 1.29 is 14.5 Å². The van der Waals surface area contributed by atoms with E-state index in [0.717, 1.165) is 29.8 Å². The zero-order valence-corrected chi connectivity index (χ0v) is 15.2. The van der Waals surface area contributed by atoms with Gasteiger partial charge in [0, 0.05) is 23.9 Å². The van der Waals surface area contributed by atoms with Crippen LogP contribution in [0.5, 0.6) is 5.75 Å². The van der Waals surface area contributed by atoms with Crippen molar-refractivity contribution in [1.29, 1.82) is 0 Å². The third-order valence-electron chi connectivity index (χ3n) is 4.60. The number of hydrogen-bond donors (Lipinski definition) is 2. The topological polar surface area (TPSA) is 93.5 Å². The Balaban J connectivity index is 1.56. The fraction of sp³-hybridized carbons (Fsp3) is 0.350. The van der Waals surface area contributed by atoms with Gasteiger partial charge in [0.15, 0.2) is 0 Å². The second-order valence-electron chi connectivity index (χ2n) is 6.71. The van der Waals surface area contributed by atoms with Gasteiger partial charge in [0.25, 0.3) is 5.69 Å². The molecule has 0 saturated heterocycles. The number of rotatable bonds is 7. The van der Waals surface area contributed by atoms with E-state index in [0.29, 0.717) is 5.69 Å². The summed E-state index contributed by atoms with van der Waals surface area (Å²) in [5.41, 5.74) is 1.94. The van der Waals surface area contributed by atoms with Crippen molar-refractivity contribution in [3.05, 3.63) is 58.1 Å². The van der Waals surface area contributed by atoms with Gasteiger partial charge in [0.1, 0.15) is 5.75 Å². The van der Waals surface area contributed by atoms with Crippen LogP contribution in [0.15, 0.2) is 42.5 Å². The molecule has 0 aliphatic heterocycles. The van der Waals surface area contributed by atoms with E-state index in [1.165, 1.54) is 25.0 Å². The molecule has 1 aliphatic carbocycles. The number of hydrogen-bond acceptors (Lipinski definition) is 5. The number of nitro benzene ring substituents is 1. The highest BCUT2D eigenvalue weighted by atomic mass is 16.6. The molecular formula is C20H23N3O4. The van der Waals surface area contributed by atoms with Crippen molar-refractivity contribution in [1.82, 2.24) is 0 Å². The van der Waals surface area contributed by atoms with E-state index >= 15 is 0 Å². The Labute approximate surface area is 157 Å². The zero-order valence-electron chi connectivity index (χ0n) is 15.2. The van der Waals surface area contributed by atoms with E-state index in [2.05, 4.69) is 10.6 Å². The summed E-state index contributed by atoms with van der Waals surface area (Å²) < 4.78 is 5.97. The lowest BCUT2D eigenvalue weighted by Crippen LogP contribution is -2.22. The lowest BCUT2D eigenvalue weighted by Gasteiger charge is -2.14. The quantitative estimate of drug-likeness (QED) is 0.561. The fourth-order valence-corrected chi connectivity index (χ4v) is 3.11. The van der Waals surface area contributed by atoms with Crippen LogP contribution in [0.3, 0.4) is 0 Å². The monoisotopic (exact) mass is 369 g/mol. The first-order valence-electron chi connectivity index (χ1n) is 9.07. The highest BCUT2D eigenvalue weighted by molar-refractivity contribution is 5.94. The maximum atomic E-state index is 12.2. The first-order chi connectivity index (χ1) is 13.0. The van der Waals surface area contributed by atoms with Gasteiger partial charge >= 0.3 is 0 Å². The molecule has 1 amide bonds. The van der Waals surface area contributed by atoms with E-state index in [9.17, 15) is 14.9 Å². The van der Waals surface area contributed by atoms with Crippen molar-refractivity contribution in [2.24, 2.45) is 0 Å². The standard InChI is InChI=1S/C20H23N3O4/c1-14-9-10-16(23(25)26)12-19(14)22-20(24)13-21-15-5-4-8-18(11-15)27-17-6-2-3-7-17/h4-5,8-12,17,21H,2-3,6-7,13H2,1H3,(H,22,24). The number of nitrogens with zero attached hydrogens (tertiary/aromatic N) is 1. The number of aryl methyl sites for hydroxylation is 1. The fourth-order valence-electron chi connectivity index (χ4n) is 3.11.